The van der Waals surface area contributed by atoms with Gasteiger partial charge in [0.05, 0.1) is 19.4 Å². The van der Waals surface area contributed by atoms with Crippen LogP contribution in [0.4, 0.5) is 0 Å². The molecule has 2 fully saturated rings. The normalized spacial score (nSPS) is 25.1. The molecule has 2 aromatic rings. The van der Waals surface area contributed by atoms with Crippen molar-refractivity contribution in [1.82, 2.24) is 24.2 Å². The molecule has 2 aromatic heterocycles. The van der Waals surface area contributed by atoms with Crippen molar-refractivity contribution in [3.8, 4) is 11.4 Å². The highest BCUT2D eigenvalue weighted by atomic mass is 32.1. The molecule has 7 heteroatoms. The molecule has 3 heterocycles. The second-order valence-corrected chi connectivity index (χ2v) is 7.22. The first-order valence-corrected chi connectivity index (χ1v) is 8.99. The Morgan fingerprint density at radius 3 is 2.88 bits per heavy atom. The molecule has 0 spiro atoms. The van der Waals surface area contributed by atoms with Crippen LogP contribution < -0.4 is 0 Å². The molecule has 24 heavy (non-hydrogen) atoms. The predicted octanol–water partition coefficient (Wildman–Crippen LogP) is 2.88. The number of hydrogen-bond acceptors (Lipinski definition) is 5. The third-order valence-electron chi connectivity index (χ3n) is 4.75. The van der Waals surface area contributed by atoms with Crippen molar-refractivity contribution in [3.05, 3.63) is 29.3 Å². The van der Waals surface area contributed by atoms with Crippen LogP contribution in [0.25, 0.3) is 11.4 Å². The average molecular weight is 345 g/mol. The number of nitrogens with zero attached hydrogens (tertiary/aromatic N) is 5. The van der Waals surface area contributed by atoms with Crippen molar-refractivity contribution >= 4 is 12.2 Å². The van der Waals surface area contributed by atoms with Crippen molar-refractivity contribution in [3.63, 3.8) is 0 Å². The van der Waals surface area contributed by atoms with Crippen LogP contribution in [0, 0.1) is 4.77 Å². The molecule has 1 saturated carbocycles. The van der Waals surface area contributed by atoms with Crippen LogP contribution in [0.3, 0.4) is 0 Å². The zero-order valence-corrected chi connectivity index (χ0v) is 14.9. The Morgan fingerprint density at radius 1 is 1.33 bits per heavy atom. The Labute approximate surface area is 147 Å². The summed E-state index contributed by atoms with van der Waals surface area (Å²) in [7, 11) is 0. The van der Waals surface area contributed by atoms with Gasteiger partial charge in [0.1, 0.15) is 0 Å². The summed E-state index contributed by atoms with van der Waals surface area (Å²) in [5.74, 6) is 0.935. The number of pyridine rings is 1. The average Bonchev–Trinajstić information content (AvgIpc) is 3.37. The van der Waals surface area contributed by atoms with Crippen molar-refractivity contribution in [2.75, 3.05) is 13.2 Å². The van der Waals surface area contributed by atoms with Crippen LogP contribution in [0.5, 0.6) is 0 Å². The van der Waals surface area contributed by atoms with Gasteiger partial charge in [-0.2, -0.15) is 5.10 Å². The standard InChI is InChI=1S/C17H23N5OS/c1-12-10-23-13(2)9-20(12)11-21-17(24)22(15-5-6-15)16(19-21)14-4-3-7-18-8-14/h3-4,7-8,12-13,15H,5-6,9-11H2,1-2H3. The molecular formula is C17H23N5OS. The van der Waals surface area contributed by atoms with Gasteiger partial charge in [0.15, 0.2) is 10.6 Å². The van der Waals surface area contributed by atoms with E-state index in [1.165, 1.54) is 12.8 Å². The number of morpholine rings is 1. The van der Waals surface area contributed by atoms with Crippen LogP contribution >= 0.6 is 12.2 Å². The molecule has 6 nitrogen and oxygen atoms in total. The SMILES string of the molecule is CC1CN(Cn2nc(-c3cccnc3)n(C3CC3)c2=S)C(C)CO1. The van der Waals surface area contributed by atoms with Gasteiger partial charge in [0, 0.05) is 36.6 Å². The second kappa shape index (κ2) is 6.38. The van der Waals surface area contributed by atoms with Crippen LogP contribution in [0.1, 0.15) is 32.7 Å². The lowest BCUT2D eigenvalue weighted by molar-refractivity contribution is -0.0625. The first kappa shape index (κ1) is 15.9. The van der Waals surface area contributed by atoms with Crippen LogP contribution in [0.2, 0.25) is 0 Å². The van der Waals surface area contributed by atoms with Crippen molar-refractivity contribution < 1.29 is 4.74 Å². The number of hydrogen-bond donors (Lipinski definition) is 0. The summed E-state index contributed by atoms with van der Waals surface area (Å²) in [5.41, 5.74) is 1.03. The third-order valence-corrected chi connectivity index (χ3v) is 5.16. The lowest BCUT2D eigenvalue weighted by Gasteiger charge is -2.36. The largest absolute Gasteiger partial charge is 0.376 e. The van der Waals surface area contributed by atoms with Gasteiger partial charge in [-0.15, -0.1) is 0 Å². The van der Waals surface area contributed by atoms with E-state index in [4.69, 9.17) is 22.1 Å². The number of ether oxygens (including phenoxy) is 1. The fourth-order valence-corrected chi connectivity index (χ4v) is 3.54. The van der Waals surface area contributed by atoms with Crippen LogP contribution in [-0.4, -0.2) is 49.5 Å². The van der Waals surface area contributed by atoms with Crippen LogP contribution in [-0.2, 0) is 11.4 Å². The van der Waals surface area contributed by atoms with Gasteiger partial charge >= 0.3 is 0 Å². The molecule has 1 aliphatic heterocycles. The van der Waals surface area contributed by atoms with Gasteiger partial charge in [-0.25, -0.2) is 4.68 Å². The first-order valence-electron chi connectivity index (χ1n) is 8.59. The fourth-order valence-electron chi connectivity index (χ4n) is 3.21. The molecule has 128 valence electrons. The lowest BCUT2D eigenvalue weighted by Crippen LogP contribution is -2.47. The topological polar surface area (TPSA) is 48.1 Å². The van der Waals surface area contributed by atoms with Gasteiger partial charge in [-0.3, -0.25) is 14.5 Å². The Bertz CT molecular complexity index is 767. The fraction of sp³-hybridized carbons (Fsp3) is 0.588. The molecule has 0 radical (unpaired) electrons. The lowest BCUT2D eigenvalue weighted by atomic mass is 10.2. The molecule has 2 unspecified atom stereocenters. The van der Waals surface area contributed by atoms with Gasteiger partial charge in [0.25, 0.3) is 0 Å². The maximum atomic E-state index is 5.75. The van der Waals surface area contributed by atoms with E-state index in [2.05, 4.69) is 28.3 Å². The Balaban J connectivity index is 1.68. The first-order chi connectivity index (χ1) is 11.6. The molecule has 0 amide bonds. The van der Waals surface area contributed by atoms with Crippen LogP contribution in [0.15, 0.2) is 24.5 Å². The van der Waals surface area contributed by atoms with E-state index in [1.54, 1.807) is 6.20 Å². The maximum absolute atomic E-state index is 5.75. The zero-order chi connectivity index (χ0) is 16.7. The molecule has 4 rings (SSSR count). The molecule has 0 aromatic carbocycles. The Morgan fingerprint density at radius 2 is 2.17 bits per heavy atom. The zero-order valence-electron chi connectivity index (χ0n) is 14.1. The minimum absolute atomic E-state index is 0.249. The van der Waals surface area contributed by atoms with E-state index < -0.39 is 0 Å². The summed E-state index contributed by atoms with van der Waals surface area (Å²) in [5, 5.41) is 4.85. The van der Waals surface area contributed by atoms with E-state index in [9.17, 15) is 0 Å². The molecule has 2 atom stereocenters. The quantitative estimate of drug-likeness (QED) is 0.798. The summed E-state index contributed by atoms with van der Waals surface area (Å²) in [6.07, 6.45) is 6.25. The number of rotatable bonds is 4. The van der Waals surface area contributed by atoms with Crippen molar-refractivity contribution in [2.24, 2.45) is 0 Å². The third kappa shape index (κ3) is 3.03. The highest BCUT2D eigenvalue weighted by Crippen LogP contribution is 2.38. The van der Waals surface area contributed by atoms with E-state index in [-0.39, 0.29) is 6.10 Å². The van der Waals surface area contributed by atoms with Gasteiger partial charge in [0.2, 0.25) is 0 Å². The molecule has 0 bridgehead atoms. The summed E-state index contributed by atoms with van der Waals surface area (Å²) in [6, 6.07) is 4.85. The highest BCUT2D eigenvalue weighted by Gasteiger charge is 2.30. The van der Waals surface area contributed by atoms with Gasteiger partial charge in [-0.1, -0.05) is 0 Å². The molecule has 1 aliphatic carbocycles. The summed E-state index contributed by atoms with van der Waals surface area (Å²) in [4.78, 5) is 6.63. The smallest absolute Gasteiger partial charge is 0.199 e. The predicted molar refractivity (Wildman–Crippen MR) is 94.1 cm³/mol. The van der Waals surface area contributed by atoms with E-state index in [1.807, 2.05) is 23.0 Å². The van der Waals surface area contributed by atoms with E-state index in [0.29, 0.717) is 18.8 Å². The summed E-state index contributed by atoms with van der Waals surface area (Å²) in [6.45, 7) is 6.67. The number of aromatic nitrogens is 4. The minimum Gasteiger partial charge on any atom is -0.376 e. The molecule has 1 saturated heterocycles. The van der Waals surface area contributed by atoms with Crippen molar-refractivity contribution in [1.29, 1.82) is 0 Å². The van der Waals surface area contributed by atoms with Gasteiger partial charge in [-0.05, 0) is 51.0 Å². The summed E-state index contributed by atoms with van der Waals surface area (Å²) >= 11 is 5.75. The minimum atomic E-state index is 0.249. The highest BCUT2D eigenvalue weighted by molar-refractivity contribution is 7.71. The molecule has 2 aliphatic rings. The summed E-state index contributed by atoms with van der Waals surface area (Å²) < 4.78 is 10.7. The maximum Gasteiger partial charge on any atom is 0.199 e. The second-order valence-electron chi connectivity index (χ2n) is 6.85. The molecule has 0 N–H and O–H groups in total. The monoisotopic (exact) mass is 345 g/mol. The van der Waals surface area contributed by atoms with Gasteiger partial charge < -0.3 is 4.74 Å². The van der Waals surface area contributed by atoms with E-state index in [0.717, 1.165) is 29.3 Å². The Kier molecular flexibility index (Phi) is 4.24. The Hall–Kier alpha value is -1.57. The van der Waals surface area contributed by atoms with Crippen molar-refractivity contribution in [2.45, 2.75) is 51.5 Å². The molecular weight excluding hydrogens is 322 g/mol. The van der Waals surface area contributed by atoms with E-state index >= 15 is 0 Å².